The zero-order chi connectivity index (χ0) is 17.2. The Bertz CT molecular complexity index is 753. The highest BCUT2D eigenvalue weighted by Crippen LogP contribution is 2.31. The van der Waals surface area contributed by atoms with E-state index in [0.717, 1.165) is 24.1 Å². The molecule has 0 unspecified atom stereocenters. The van der Waals surface area contributed by atoms with E-state index in [0.29, 0.717) is 12.2 Å². The van der Waals surface area contributed by atoms with Crippen molar-refractivity contribution in [3.63, 3.8) is 0 Å². The minimum Gasteiger partial charge on any atom is -0.325 e. The molecule has 24 heavy (non-hydrogen) atoms. The molecule has 2 aromatic rings. The van der Waals surface area contributed by atoms with Crippen molar-refractivity contribution in [3.8, 4) is 0 Å². The van der Waals surface area contributed by atoms with E-state index in [1.807, 2.05) is 54.6 Å². The molecule has 3 rings (SSSR count). The summed E-state index contributed by atoms with van der Waals surface area (Å²) in [6.07, 6.45) is 1.88. The van der Waals surface area contributed by atoms with E-state index >= 15 is 0 Å². The largest absolute Gasteiger partial charge is 0.325 e. The summed E-state index contributed by atoms with van der Waals surface area (Å²) in [5, 5.41) is 2.84. The van der Waals surface area contributed by atoms with Crippen LogP contribution in [0.3, 0.4) is 0 Å². The molecule has 124 valence electrons. The van der Waals surface area contributed by atoms with E-state index < -0.39 is 5.41 Å². The van der Waals surface area contributed by atoms with Crippen molar-refractivity contribution in [3.05, 3.63) is 60.2 Å². The van der Waals surface area contributed by atoms with Crippen LogP contribution >= 0.6 is 0 Å². The Balaban J connectivity index is 1.82. The Morgan fingerprint density at radius 1 is 1.00 bits per heavy atom. The van der Waals surface area contributed by atoms with Gasteiger partial charge >= 0.3 is 0 Å². The summed E-state index contributed by atoms with van der Waals surface area (Å²) in [5.41, 5.74) is 1.65. The van der Waals surface area contributed by atoms with Gasteiger partial charge in [0, 0.05) is 17.9 Å². The molecule has 2 amide bonds. The van der Waals surface area contributed by atoms with Crippen molar-refractivity contribution in [2.75, 3.05) is 16.8 Å². The third kappa shape index (κ3) is 3.04. The summed E-state index contributed by atoms with van der Waals surface area (Å²) >= 11 is 0. The Hall–Kier alpha value is -2.62. The second-order valence-electron chi connectivity index (χ2n) is 6.63. The lowest BCUT2D eigenvalue weighted by Gasteiger charge is -2.35. The molecule has 0 aliphatic carbocycles. The number of hydrogen-bond acceptors (Lipinski definition) is 2. The summed E-state index contributed by atoms with van der Waals surface area (Å²) in [6, 6.07) is 17.1. The molecule has 0 saturated heterocycles. The number of nitrogens with zero attached hydrogens (tertiary/aromatic N) is 1. The van der Waals surface area contributed by atoms with Gasteiger partial charge in [-0.05, 0) is 50.5 Å². The van der Waals surface area contributed by atoms with Gasteiger partial charge in [-0.25, -0.2) is 0 Å². The number of hydrogen-bond donors (Lipinski definition) is 1. The summed E-state index contributed by atoms with van der Waals surface area (Å²) < 4.78 is 0. The fraction of sp³-hybridized carbons (Fsp3) is 0.300. The third-order valence-corrected chi connectivity index (χ3v) is 4.49. The molecule has 0 radical (unpaired) electrons. The highest BCUT2D eigenvalue weighted by atomic mass is 16.2. The van der Waals surface area contributed by atoms with Crippen LogP contribution in [0.2, 0.25) is 0 Å². The van der Waals surface area contributed by atoms with E-state index in [2.05, 4.69) is 5.32 Å². The third-order valence-electron chi connectivity index (χ3n) is 4.49. The summed E-state index contributed by atoms with van der Waals surface area (Å²) in [5.74, 6) is -0.454. The van der Waals surface area contributed by atoms with Crippen LogP contribution < -0.4 is 10.2 Å². The van der Waals surface area contributed by atoms with Crippen molar-refractivity contribution in [1.29, 1.82) is 0 Å². The van der Waals surface area contributed by atoms with E-state index in [4.69, 9.17) is 0 Å². The van der Waals surface area contributed by atoms with Crippen LogP contribution in [0.4, 0.5) is 11.4 Å². The van der Waals surface area contributed by atoms with Crippen molar-refractivity contribution >= 4 is 23.2 Å². The zero-order valence-corrected chi connectivity index (χ0v) is 14.1. The van der Waals surface area contributed by atoms with Gasteiger partial charge in [0.2, 0.25) is 11.8 Å². The quantitative estimate of drug-likeness (QED) is 0.877. The van der Waals surface area contributed by atoms with Crippen molar-refractivity contribution in [2.45, 2.75) is 26.7 Å². The van der Waals surface area contributed by atoms with Crippen molar-refractivity contribution < 1.29 is 9.59 Å². The molecule has 1 N–H and O–H groups in total. The number of aryl methyl sites for hydroxylation is 1. The molecular weight excluding hydrogens is 300 g/mol. The van der Waals surface area contributed by atoms with Gasteiger partial charge in [0.05, 0.1) is 0 Å². The minimum atomic E-state index is -1.14. The fourth-order valence-corrected chi connectivity index (χ4v) is 2.99. The van der Waals surface area contributed by atoms with E-state index in [-0.39, 0.29) is 11.8 Å². The molecular formula is C20H22N2O2. The Morgan fingerprint density at radius 2 is 1.67 bits per heavy atom. The molecule has 1 aliphatic heterocycles. The Kier molecular flexibility index (Phi) is 4.38. The monoisotopic (exact) mass is 322 g/mol. The molecule has 4 nitrogen and oxygen atoms in total. The van der Waals surface area contributed by atoms with Gasteiger partial charge in [-0.2, -0.15) is 0 Å². The molecule has 0 bridgehead atoms. The number of benzene rings is 2. The number of carbonyl (C=O) groups excluding carboxylic acids is 2. The SMILES string of the molecule is CC(C)(C(=O)Nc1ccccc1)C(=O)N1CCCc2ccccc21. The lowest BCUT2D eigenvalue weighted by atomic mass is 9.88. The van der Waals surface area contributed by atoms with Gasteiger partial charge in [-0.1, -0.05) is 36.4 Å². The molecule has 0 aromatic heterocycles. The zero-order valence-electron chi connectivity index (χ0n) is 14.1. The summed E-state index contributed by atoms with van der Waals surface area (Å²) in [7, 11) is 0. The smallest absolute Gasteiger partial charge is 0.242 e. The predicted molar refractivity (Wildman–Crippen MR) is 96.0 cm³/mol. The molecule has 0 saturated carbocycles. The van der Waals surface area contributed by atoms with E-state index in [1.54, 1.807) is 18.7 Å². The number of anilines is 2. The number of amides is 2. The number of para-hydroxylation sites is 2. The van der Waals surface area contributed by atoms with Gasteiger partial charge in [-0.15, -0.1) is 0 Å². The van der Waals surface area contributed by atoms with E-state index in [1.165, 1.54) is 0 Å². The topological polar surface area (TPSA) is 49.4 Å². The predicted octanol–water partition coefficient (Wildman–Crippen LogP) is 3.63. The maximum atomic E-state index is 13.1. The summed E-state index contributed by atoms with van der Waals surface area (Å²) in [6.45, 7) is 4.02. The van der Waals surface area contributed by atoms with Gasteiger partial charge in [-0.3, -0.25) is 9.59 Å². The molecule has 0 fully saturated rings. The van der Waals surface area contributed by atoms with Crippen molar-refractivity contribution in [2.24, 2.45) is 5.41 Å². The molecule has 1 heterocycles. The Labute approximate surface area is 142 Å². The number of fused-ring (bicyclic) bond motifs is 1. The maximum absolute atomic E-state index is 13.1. The van der Waals surface area contributed by atoms with Crippen LogP contribution in [0.1, 0.15) is 25.8 Å². The maximum Gasteiger partial charge on any atom is 0.242 e. The van der Waals surface area contributed by atoms with Crippen LogP contribution in [0.5, 0.6) is 0 Å². The van der Waals surface area contributed by atoms with Gasteiger partial charge in [0.1, 0.15) is 5.41 Å². The van der Waals surface area contributed by atoms with Crippen LogP contribution in [-0.4, -0.2) is 18.4 Å². The lowest BCUT2D eigenvalue weighted by Crippen LogP contribution is -2.49. The van der Waals surface area contributed by atoms with E-state index in [9.17, 15) is 9.59 Å². The minimum absolute atomic E-state index is 0.164. The van der Waals surface area contributed by atoms with Crippen LogP contribution in [0.15, 0.2) is 54.6 Å². The first-order valence-electron chi connectivity index (χ1n) is 8.26. The van der Waals surface area contributed by atoms with Crippen LogP contribution in [0.25, 0.3) is 0 Å². The number of rotatable bonds is 3. The number of carbonyl (C=O) groups is 2. The molecule has 1 aliphatic rings. The first kappa shape index (κ1) is 16.2. The standard InChI is InChI=1S/C20H22N2O2/c1-20(2,18(23)21-16-11-4-3-5-12-16)19(24)22-14-8-10-15-9-6-7-13-17(15)22/h3-7,9,11-13H,8,10,14H2,1-2H3,(H,21,23). The second-order valence-corrected chi connectivity index (χ2v) is 6.63. The highest BCUT2D eigenvalue weighted by Gasteiger charge is 2.40. The fourth-order valence-electron chi connectivity index (χ4n) is 2.99. The second kappa shape index (κ2) is 6.48. The first-order chi connectivity index (χ1) is 11.5. The van der Waals surface area contributed by atoms with Gasteiger partial charge in [0.15, 0.2) is 0 Å². The normalized spacial score (nSPS) is 14.0. The highest BCUT2D eigenvalue weighted by molar-refractivity contribution is 6.15. The molecule has 4 heteroatoms. The van der Waals surface area contributed by atoms with Gasteiger partial charge in [0.25, 0.3) is 0 Å². The Morgan fingerprint density at radius 3 is 2.42 bits per heavy atom. The summed E-state index contributed by atoms with van der Waals surface area (Å²) in [4.78, 5) is 27.5. The number of nitrogens with one attached hydrogen (secondary N) is 1. The molecule has 0 spiro atoms. The first-order valence-corrected chi connectivity index (χ1v) is 8.26. The van der Waals surface area contributed by atoms with Crippen molar-refractivity contribution in [1.82, 2.24) is 0 Å². The van der Waals surface area contributed by atoms with Crippen LogP contribution in [-0.2, 0) is 16.0 Å². The van der Waals surface area contributed by atoms with Crippen LogP contribution in [0, 0.1) is 5.41 Å². The average Bonchev–Trinajstić information content (AvgIpc) is 2.61. The average molecular weight is 322 g/mol. The lowest BCUT2D eigenvalue weighted by molar-refractivity contribution is -0.136. The van der Waals surface area contributed by atoms with Gasteiger partial charge < -0.3 is 10.2 Å². The molecule has 2 aromatic carbocycles. The molecule has 0 atom stereocenters.